The van der Waals surface area contributed by atoms with E-state index in [0.717, 1.165) is 0 Å². The molecule has 0 unspecified atom stereocenters. The van der Waals surface area contributed by atoms with Crippen LogP contribution in [0, 0.1) is 0 Å². The minimum Gasteiger partial charge on any atom is -0.199 e. The summed E-state index contributed by atoms with van der Waals surface area (Å²) >= 11 is 0. The van der Waals surface area contributed by atoms with Crippen molar-refractivity contribution in [2.75, 3.05) is 24.5 Å². The molecule has 0 rings (SSSR count). The highest BCUT2D eigenvalue weighted by Crippen LogP contribution is 2.50. The van der Waals surface area contributed by atoms with Crippen molar-refractivity contribution >= 4 is 19.9 Å². The van der Waals surface area contributed by atoms with Gasteiger partial charge in [-0.25, -0.2) is 0 Å². The van der Waals surface area contributed by atoms with Crippen molar-refractivity contribution in [3.63, 3.8) is 0 Å². The highest BCUT2D eigenvalue weighted by Gasteiger charge is 2.03. The Hall–Kier alpha value is 0.700. The second-order valence-corrected chi connectivity index (χ2v) is 9.38. The minimum atomic E-state index is -0.241. The molecule has 0 saturated carbocycles. The Morgan fingerprint density at radius 3 is 1.86 bits per heavy atom. The minimum absolute atomic E-state index is 0.241. The zero-order valence-corrected chi connectivity index (χ0v) is 7.16. The summed E-state index contributed by atoms with van der Waals surface area (Å²) in [6, 6.07) is 0. The van der Waals surface area contributed by atoms with Crippen LogP contribution in [0.3, 0.4) is 0 Å². The highest BCUT2D eigenvalue weighted by molar-refractivity contribution is 8.93. The summed E-state index contributed by atoms with van der Waals surface area (Å²) in [6.45, 7) is 2.26. The number of hydrogen-bond acceptors (Lipinski definition) is 1. The third-order valence-corrected chi connectivity index (χ3v) is 6.85. The van der Waals surface area contributed by atoms with E-state index in [4.69, 9.17) is 0 Å². The van der Waals surface area contributed by atoms with Gasteiger partial charge in [0.15, 0.2) is 0 Å². The third-order valence-electron chi connectivity index (χ3n) is 1.15. The Labute approximate surface area is 51.8 Å². The predicted molar refractivity (Wildman–Crippen MR) is 43.5 cm³/mol. The first kappa shape index (κ1) is 7.70. The van der Waals surface area contributed by atoms with Gasteiger partial charge < -0.3 is 0 Å². The lowest BCUT2D eigenvalue weighted by Crippen LogP contribution is -1.89. The van der Waals surface area contributed by atoms with Gasteiger partial charge in [-0.2, -0.15) is 9.06 Å². The third kappa shape index (κ3) is 3.30. The molecule has 0 heterocycles. The van der Waals surface area contributed by atoms with Crippen LogP contribution >= 0.6 is 19.9 Å². The zero-order valence-electron chi connectivity index (χ0n) is 5.52. The van der Waals surface area contributed by atoms with Crippen LogP contribution in [0.4, 0.5) is 0 Å². The van der Waals surface area contributed by atoms with Crippen molar-refractivity contribution in [2.24, 2.45) is 0 Å². The normalized spacial score (nSPS) is 14.3. The Morgan fingerprint density at radius 1 is 1.43 bits per heavy atom. The maximum Gasteiger partial charge on any atom is -0.00942 e. The molecular weight excluding hydrogens is 124 g/mol. The van der Waals surface area contributed by atoms with Crippen molar-refractivity contribution in [1.29, 1.82) is 0 Å². The monoisotopic (exact) mass is 138 g/mol. The van der Waals surface area contributed by atoms with Gasteiger partial charge in [-0.3, -0.25) is 0 Å². The Kier molecular flexibility index (Phi) is 3.16. The fourth-order valence-corrected chi connectivity index (χ4v) is 1.06. The Morgan fingerprint density at radius 2 is 1.86 bits per heavy atom. The van der Waals surface area contributed by atoms with Gasteiger partial charge in [-0.05, 0) is 24.5 Å². The van der Waals surface area contributed by atoms with Crippen LogP contribution in [-0.2, 0) is 0 Å². The molecule has 0 bridgehead atoms. The van der Waals surface area contributed by atoms with Crippen LogP contribution < -0.4 is 0 Å². The second-order valence-electron chi connectivity index (χ2n) is 1.89. The number of hydrogen-bond donors (Lipinski definition) is 0. The Balaban J connectivity index is 3.36. The van der Waals surface area contributed by atoms with Crippen LogP contribution in [0.15, 0.2) is 0 Å². The lowest BCUT2D eigenvalue weighted by molar-refractivity contribution is 1.51. The van der Waals surface area contributed by atoms with Crippen molar-refractivity contribution in [2.45, 2.75) is 6.92 Å². The van der Waals surface area contributed by atoms with E-state index in [9.17, 15) is 0 Å². The molecule has 0 aromatic carbocycles. The van der Waals surface area contributed by atoms with Gasteiger partial charge in [0.25, 0.3) is 0 Å². The molecule has 0 saturated heterocycles. The molecule has 0 fully saturated rings. The molecule has 0 spiro atoms. The quantitative estimate of drug-likeness (QED) is 0.528. The highest BCUT2D eigenvalue weighted by atomic mass is 33.2. The first-order valence-electron chi connectivity index (χ1n) is 2.39. The van der Waals surface area contributed by atoms with Gasteiger partial charge >= 0.3 is 0 Å². The van der Waals surface area contributed by atoms with Crippen LogP contribution in [0.2, 0.25) is 0 Å². The summed E-state index contributed by atoms with van der Waals surface area (Å²) in [5, 5.41) is 0. The molecule has 2 heteroatoms. The average Bonchev–Trinajstić information content (AvgIpc) is 1.68. The van der Waals surface area contributed by atoms with Crippen molar-refractivity contribution in [1.82, 2.24) is 0 Å². The predicted octanol–water partition coefficient (Wildman–Crippen LogP) is 2.35. The first-order chi connectivity index (χ1) is 3.12. The SMILES string of the molecule is CCS(C)(C)SC. The van der Waals surface area contributed by atoms with Crippen LogP contribution in [-0.4, -0.2) is 24.5 Å². The van der Waals surface area contributed by atoms with Gasteiger partial charge in [0.2, 0.25) is 0 Å². The lowest BCUT2D eigenvalue weighted by atomic mass is 11.0. The largest absolute Gasteiger partial charge is 0.199 e. The first-order valence-corrected chi connectivity index (χ1v) is 6.75. The fraction of sp³-hybridized carbons (Fsp3) is 1.00. The van der Waals surface area contributed by atoms with E-state index in [1.807, 2.05) is 10.8 Å². The zero-order chi connectivity index (χ0) is 5.91. The standard InChI is InChI=1S/C5H14S2/c1-5-7(3,4)6-2/h5H2,1-4H3. The molecule has 0 atom stereocenters. The lowest BCUT2D eigenvalue weighted by Gasteiger charge is -2.25. The van der Waals surface area contributed by atoms with E-state index in [1.165, 1.54) is 5.75 Å². The van der Waals surface area contributed by atoms with Crippen molar-refractivity contribution in [3.8, 4) is 0 Å². The molecule has 0 nitrogen and oxygen atoms in total. The summed E-state index contributed by atoms with van der Waals surface area (Å²) in [5.74, 6) is 1.34. The fourth-order valence-electron chi connectivity index (χ4n) is 0.118. The molecule has 0 aliphatic heterocycles. The number of rotatable bonds is 2. The molecule has 0 aliphatic carbocycles. The van der Waals surface area contributed by atoms with Crippen molar-refractivity contribution in [3.05, 3.63) is 0 Å². The average molecular weight is 138 g/mol. The summed E-state index contributed by atoms with van der Waals surface area (Å²) in [6.07, 6.45) is 6.88. The van der Waals surface area contributed by atoms with E-state index >= 15 is 0 Å². The second kappa shape index (κ2) is 2.88. The van der Waals surface area contributed by atoms with E-state index in [-0.39, 0.29) is 9.06 Å². The van der Waals surface area contributed by atoms with E-state index in [2.05, 4.69) is 25.7 Å². The molecular formula is C5H14S2. The van der Waals surface area contributed by atoms with Gasteiger partial charge in [-0.15, -0.1) is 10.8 Å². The summed E-state index contributed by atoms with van der Waals surface area (Å²) in [5.41, 5.74) is 0. The van der Waals surface area contributed by atoms with Crippen LogP contribution in [0.1, 0.15) is 6.92 Å². The van der Waals surface area contributed by atoms with Gasteiger partial charge in [-0.1, -0.05) is 6.92 Å². The maximum atomic E-state index is 2.34. The topological polar surface area (TPSA) is 0 Å². The maximum absolute atomic E-state index is 2.34. The summed E-state index contributed by atoms with van der Waals surface area (Å²) in [7, 11) is 1.77. The molecule has 0 N–H and O–H groups in total. The van der Waals surface area contributed by atoms with E-state index in [1.54, 1.807) is 0 Å². The molecule has 0 aliphatic rings. The van der Waals surface area contributed by atoms with Crippen molar-refractivity contribution < 1.29 is 0 Å². The summed E-state index contributed by atoms with van der Waals surface area (Å²) < 4.78 is 0. The van der Waals surface area contributed by atoms with E-state index in [0.29, 0.717) is 0 Å². The molecule has 7 heavy (non-hydrogen) atoms. The molecule has 0 radical (unpaired) electrons. The van der Waals surface area contributed by atoms with Crippen LogP contribution in [0.25, 0.3) is 0 Å². The van der Waals surface area contributed by atoms with Gasteiger partial charge in [0, 0.05) is 0 Å². The summed E-state index contributed by atoms with van der Waals surface area (Å²) in [4.78, 5) is 0. The van der Waals surface area contributed by atoms with Gasteiger partial charge in [0.1, 0.15) is 0 Å². The Bertz CT molecular complexity index is 44.0. The van der Waals surface area contributed by atoms with Crippen LogP contribution in [0.5, 0.6) is 0 Å². The molecule has 46 valence electrons. The molecule has 0 amide bonds. The van der Waals surface area contributed by atoms with Gasteiger partial charge in [0.05, 0.1) is 0 Å². The smallest absolute Gasteiger partial charge is 0.00942 e. The molecule has 0 aromatic rings. The molecule has 0 aromatic heterocycles. The van der Waals surface area contributed by atoms with E-state index < -0.39 is 0 Å².